The number of carbonyl (C=O) groups is 1. The van der Waals surface area contributed by atoms with Crippen molar-refractivity contribution in [1.29, 1.82) is 5.26 Å². The molecule has 4 rings (SSSR count). The lowest BCUT2D eigenvalue weighted by Gasteiger charge is -2.35. The summed E-state index contributed by atoms with van der Waals surface area (Å²) in [7, 11) is 0. The van der Waals surface area contributed by atoms with Crippen LogP contribution in [0.25, 0.3) is 0 Å². The van der Waals surface area contributed by atoms with Crippen molar-refractivity contribution in [1.82, 2.24) is 4.90 Å². The number of rotatable bonds is 3. The molecule has 144 valence electrons. The number of nitriles is 1. The molecule has 2 aromatic rings. The highest BCUT2D eigenvalue weighted by atomic mass is 79.9. The van der Waals surface area contributed by atoms with Crippen molar-refractivity contribution in [2.24, 2.45) is 10.7 Å². The molecule has 8 heteroatoms. The van der Waals surface area contributed by atoms with Gasteiger partial charge in [-0.05, 0) is 48.5 Å². The molecular weight excluding hydrogens is 450 g/mol. The smallest absolute Gasteiger partial charge is 0.255 e. The highest BCUT2D eigenvalue weighted by Gasteiger charge is 2.42. The number of halogens is 1. The number of nitrogens with two attached hydrogens (primary N) is 1. The van der Waals surface area contributed by atoms with Crippen molar-refractivity contribution in [3.63, 3.8) is 0 Å². The average Bonchev–Trinajstić information content (AvgIpc) is 3.03. The van der Waals surface area contributed by atoms with Crippen molar-refractivity contribution in [3.8, 4) is 6.07 Å². The Morgan fingerprint density at radius 1 is 1.24 bits per heavy atom. The first-order valence-corrected chi connectivity index (χ1v) is 10.4. The van der Waals surface area contributed by atoms with Crippen LogP contribution >= 0.6 is 27.7 Å². The summed E-state index contributed by atoms with van der Waals surface area (Å²) in [5.41, 5.74) is 8.93. The van der Waals surface area contributed by atoms with E-state index in [0.717, 1.165) is 10.0 Å². The predicted octanol–water partition coefficient (Wildman–Crippen LogP) is 4.47. The molecule has 0 aromatic heterocycles. The van der Waals surface area contributed by atoms with E-state index in [0.29, 0.717) is 32.9 Å². The number of thioether (sulfide) groups is 1. The van der Waals surface area contributed by atoms with Gasteiger partial charge in [0.1, 0.15) is 16.8 Å². The van der Waals surface area contributed by atoms with Gasteiger partial charge in [0.15, 0.2) is 5.17 Å². The van der Waals surface area contributed by atoms with E-state index >= 15 is 0 Å². The van der Waals surface area contributed by atoms with Gasteiger partial charge in [0.25, 0.3) is 5.91 Å². The zero-order valence-electron chi connectivity index (χ0n) is 15.4. The zero-order chi connectivity index (χ0) is 20.5. The van der Waals surface area contributed by atoms with Gasteiger partial charge < -0.3 is 11.1 Å². The monoisotopic (exact) mass is 465 g/mol. The fourth-order valence-corrected chi connectivity index (χ4v) is 4.49. The van der Waals surface area contributed by atoms with Crippen molar-refractivity contribution in [3.05, 3.63) is 86.6 Å². The fourth-order valence-electron chi connectivity index (χ4n) is 3.31. The minimum Gasteiger partial charge on any atom is -0.383 e. The van der Waals surface area contributed by atoms with Crippen LogP contribution < -0.4 is 11.1 Å². The zero-order valence-corrected chi connectivity index (χ0v) is 17.8. The third-order valence-corrected chi connectivity index (χ3v) is 6.14. The van der Waals surface area contributed by atoms with Crippen LogP contribution in [0.2, 0.25) is 0 Å². The number of amidine groups is 1. The van der Waals surface area contributed by atoms with Gasteiger partial charge in [0, 0.05) is 10.2 Å². The van der Waals surface area contributed by atoms with E-state index in [4.69, 9.17) is 5.73 Å². The van der Waals surface area contributed by atoms with E-state index in [1.165, 1.54) is 11.8 Å². The van der Waals surface area contributed by atoms with Crippen LogP contribution in [0.4, 0.5) is 5.69 Å². The summed E-state index contributed by atoms with van der Waals surface area (Å²) < 4.78 is 0.930. The number of hydrogen-bond donors (Lipinski definition) is 2. The number of nitrogens with one attached hydrogen (secondary N) is 1. The first kappa shape index (κ1) is 19.3. The SMILES string of the molecule is CC1=C(C(=O)Nc2ccccc2)[C@H](c2ccc(Br)cc2)N2C(=N1)SC(C#N)=C2N. The Morgan fingerprint density at radius 3 is 2.59 bits per heavy atom. The molecule has 6 nitrogen and oxygen atoms in total. The summed E-state index contributed by atoms with van der Waals surface area (Å²) in [6.45, 7) is 1.80. The maximum atomic E-state index is 13.3. The Bertz CT molecular complexity index is 1120. The molecule has 0 saturated heterocycles. The number of anilines is 1. The fraction of sp³-hybridized carbons (Fsp3) is 0.0952. The summed E-state index contributed by atoms with van der Waals surface area (Å²) in [6.07, 6.45) is 0. The third kappa shape index (κ3) is 3.55. The molecule has 0 radical (unpaired) electrons. The van der Waals surface area contributed by atoms with Crippen molar-refractivity contribution < 1.29 is 4.79 Å². The highest BCUT2D eigenvalue weighted by molar-refractivity contribution is 9.10. The number of hydrogen-bond acceptors (Lipinski definition) is 6. The van der Waals surface area contributed by atoms with Crippen LogP contribution in [0.3, 0.4) is 0 Å². The van der Waals surface area contributed by atoms with Gasteiger partial charge in [-0.2, -0.15) is 5.26 Å². The van der Waals surface area contributed by atoms with Crippen molar-refractivity contribution in [2.45, 2.75) is 13.0 Å². The van der Waals surface area contributed by atoms with Crippen LogP contribution in [0, 0.1) is 11.3 Å². The number of fused-ring (bicyclic) bond motifs is 1. The van der Waals surface area contributed by atoms with E-state index in [1.807, 2.05) is 54.6 Å². The van der Waals surface area contributed by atoms with Gasteiger partial charge in [0.05, 0.1) is 17.3 Å². The average molecular weight is 466 g/mol. The van der Waals surface area contributed by atoms with E-state index in [1.54, 1.807) is 11.8 Å². The number of para-hydroxylation sites is 1. The van der Waals surface area contributed by atoms with Crippen molar-refractivity contribution >= 4 is 44.5 Å². The Labute approximate surface area is 180 Å². The standard InChI is InChI=1S/C21H16BrN5OS/c1-12-17(20(28)26-15-5-3-2-4-6-15)18(13-7-9-14(22)10-8-13)27-19(24)16(11-23)29-21(27)25-12/h2-10,18H,24H2,1H3,(H,26,28)/t18-/m0/s1. The number of amides is 1. The molecule has 1 amide bonds. The maximum absolute atomic E-state index is 13.3. The quantitative estimate of drug-likeness (QED) is 0.696. The molecule has 2 aliphatic heterocycles. The molecule has 0 spiro atoms. The van der Waals surface area contributed by atoms with E-state index in [2.05, 4.69) is 32.3 Å². The second kappa shape index (κ2) is 7.78. The normalized spacial score (nSPS) is 18.3. The van der Waals surface area contributed by atoms with Crippen LogP contribution in [-0.2, 0) is 4.79 Å². The van der Waals surface area contributed by atoms with E-state index in [9.17, 15) is 10.1 Å². The number of nitrogens with zero attached hydrogens (tertiary/aromatic N) is 3. The summed E-state index contributed by atoms with van der Waals surface area (Å²) in [5.74, 6) is 0.0503. The van der Waals surface area contributed by atoms with Gasteiger partial charge in [-0.1, -0.05) is 46.3 Å². The van der Waals surface area contributed by atoms with Crippen LogP contribution in [0.15, 0.2) is 86.1 Å². The molecular formula is C21H16BrN5OS. The van der Waals surface area contributed by atoms with Crippen LogP contribution in [0.5, 0.6) is 0 Å². The Hall–Kier alpha value is -3.02. The van der Waals surface area contributed by atoms with Crippen LogP contribution in [-0.4, -0.2) is 16.0 Å². The minimum atomic E-state index is -0.488. The van der Waals surface area contributed by atoms with E-state index in [-0.39, 0.29) is 5.91 Å². The molecule has 0 saturated carbocycles. The van der Waals surface area contributed by atoms with Crippen molar-refractivity contribution in [2.75, 3.05) is 5.32 Å². The lowest BCUT2D eigenvalue weighted by atomic mass is 9.94. The second-order valence-electron chi connectivity index (χ2n) is 6.47. The van der Waals surface area contributed by atoms with Gasteiger partial charge in [-0.3, -0.25) is 9.69 Å². The Kier molecular flexibility index (Phi) is 5.18. The lowest BCUT2D eigenvalue weighted by molar-refractivity contribution is -0.113. The minimum absolute atomic E-state index is 0.257. The van der Waals surface area contributed by atoms with Gasteiger partial charge in [-0.15, -0.1) is 0 Å². The highest BCUT2D eigenvalue weighted by Crippen LogP contribution is 2.45. The summed E-state index contributed by atoms with van der Waals surface area (Å²) in [6, 6.07) is 18.6. The molecule has 0 unspecified atom stereocenters. The molecule has 2 heterocycles. The molecule has 0 fully saturated rings. The lowest BCUT2D eigenvalue weighted by Crippen LogP contribution is -2.39. The summed E-state index contributed by atoms with van der Waals surface area (Å²) in [4.78, 5) is 20.0. The first-order valence-electron chi connectivity index (χ1n) is 8.78. The largest absolute Gasteiger partial charge is 0.383 e. The third-order valence-electron chi connectivity index (χ3n) is 4.64. The predicted molar refractivity (Wildman–Crippen MR) is 118 cm³/mol. The Balaban J connectivity index is 1.82. The maximum Gasteiger partial charge on any atom is 0.255 e. The topological polar surface area (TPSA) is 94.5 Å². The molecule has 0 aliphatic carbocycles. The molecule has 0 bridgehead atoms. The summed E-state index contributed by atoms with van der Waals surface area (Å²) >= 11 is 4.67. The first-order chi connectivity index (χ1) is 14.0. The molecule has 1 atom stereocenters. The molecule has 29 heavy (non-hydrogen) atoms. The van der Waals surface area contributed by atoms with Gasteiger partial charge in [0.2, 0.25) is 0 Å². The molecule has 2 aromatic carbocycles. The molecule has 2 aliphatic rings. The second-order valence-corrected chi connectivity index (χ2v) is 8.36. The van der Waals surface area contributed by atoms with Gasteiger partial charge >= 0.3 is 0 Å². The summed E-state index contributed by atoms with van der Waals surface area (Å²) in [5, 5.41) is 13.0. The number of aliphatic imine (C=N–C) groups is 1. The number of allylic oxidation sites excluding steroid dienone is 2. The molecule has 3 N–H and O–H groups in total. The van der Waals surface area contributed by atoms with Crippen LogP contribution in [0.1, 0.15) is 18.5 Å². The van der Waals surface area contributed by atoms with E-state index < -0.39 is 6.04 Å². The number of benzene rings is 2. The van der Waals surface area contributed by atoms with Gasteiger partial charge in [-0.25, -0.2) is 4.99 Å². The Morgan fingerprint density at radius 2 is 1.93 bits per heavy atom. The number of carbonyl (C=O) groups excluding carboxylic acids is 1.